The molecule has 8 nitrogen and oxygen atoms in total. The molecule has 10 heteroatoms. The van der Waals surface area contributed by atoms with Crippen molar-refractivity contribution in [2.24, 2.45) is 0 Å². The number of carbonyl (C=O) groups is 2. The predicted molar refractivity (Wildman–Crippen MR) is 163 cm³/mol. The fourth-order valence-corrected chi connectivity index (χ4v) is 6.63. The van der Waals surface area contributed by atoms with Crippen LogP contribution in [0.15, 0.2) is 60.2 Å². The number of unbranched alkanes of at least 4 members (excludes halogenated alkanes) is 1. The Hall–Kier alpha value is -4.08. The van der Waals surface area contributed by atoms with Crippen LogP contribution >= 0.6 is 22.9 Å². The van der Waals surface area contributed by atoms with E-state index < -0.39 is 17.7 Å². The number of amides is 1. The minimum Gasteiger partial charge on any atom is -0.507 e. The number of methoxy groups -OCH3 is 1. The number of anilines is 1. The molecule has 0 spiro atoms. The first-order chi connectivity index (χ1) is 20.3. The third-order valence-electron chi connectivity index (χ3n) is 7.42. The van der Waals surface area contributed by atoms with Gasteiger partial charge in [-0.05, 0) is 73.0 Å². The minimum absolute atomic E-state index is 0.0149. The first-order valence-corrected chi connectivity index (χ1v) is 15.0. The highest BCUT2D eigenvalue weighted by Crippen LogP contribution is 2.46. The van der Waals surface area contributed by atoms with Crippen molar-refractivity contribution >= 4 is 55.7 Å². The Balaban J connectivity index is 1.51. The van der Waals surface area contributed by atoms with Crippen LogP contribution in [-0.4, -0.2) is 41.6 Å². The van der Waals surface area contributed by atoms with Gasteiger partial charge in [0.2, 0.25) is 0 Å². The van der Waals surface area contributed by atoms with E-state index in [1.54, 1.807) is 48.5 Å². The van der Waals surface area contributed by atoms with Crippen molar-refractivity contribution in [3.05, 3.63) is 81.9 Å². The summed E-state index contributed by atoms with van der Waals surface area (Å²) in [6, 6.07) is 14.8. The van der Waals surface area contributed by atoms with Crippen LogP contribution in [-0.2, 0) is 16.0 Å². The minimum atomic E-state index is -0.969. The molecule has 1 saturated heterocycles. The SMILES string of the molecule is CCCCOc1ccc([C@@H]2C(=C(O)c3ccc4c(c3)C[C@@H](C)O4)C(=O)C(=O)N2c2nc3ccc(Cl)cc3s2)cc1OC. The van der Waals surface area contributed by atoms with E-state index in [2.05, 4.69) is 11.9 Å². The summed E-state index contributed by atoms with van der Waals surface area (Å²) >= 11 is 7.45. The summed E-state index contributed by atoms with van der Waals surface area (Å²) in [5.74, 6) is -0.112. The Morgan fingerprint density at radius 1 is 1.14 bits per heavy atom. The molecule has 0 bridgehead atoms. The van der Waals surface area contributed by atoms with Gasteiger partial charge in [0.05, 0.1) is 35.5 Å². The fourth-order valence-electron chi connectivity index (χ4n) is 5.36. The number of benzene rings is 3. The van der Waals surface area contributed by atoms with Gasteiger partial charge in [0.25, 0.3) is 5.78 Å². The number of ketones is 1. The molecule has 3 heterocycles. The van der Waals surface area contributed by atoms with Gasteiger partial charge < -0.3 is 19.3 Å². The Labute approximate surface area is 252 Å². The normalized spacial score (nSPS) is 19.3. The van der Waals surface area contributed by atoms with Crippen molar-refractivity contribution in [3.63, 3.8) is 0 Å². The molecular weight excluding hydrogens is 576 g/mol. The maximum absolute atomic E-state index is 13.7. The van der Waals surface area contributed by atoms with Gasteiger partial charge in [-0.15, -0.1) is 0 Å². The van der Waals surface area contributed by atoms with E-state index >= 15 is 0 Å². The molecule has 1 amide bonds. The van der Waals surface area contributed by atoms with Crippen molar-refractivity contribution in [1.29, 1.82) is 0 Å². The number of hydrogen-bond donors (Lipinski definition) is 1. The lowest BCUT2D eigenvalue weighted by molar-refractivity contribution is -0.132. The zero-order valence-corrected chi connectivity index (χ0v) is 24.9. The molecule has 3 aromatic carbocycles. The van der Waals surface area contributed by atoms with Gasteiger partial charge in [-0.25, -0.2) is 4.98 Å². The van der Waals surface area contributed by atoms with Crippen LogP contribution in [0.4, 0.5) is 5.13 Å². The Bertz CT molecular complexity index is 1750. The van der Waals surface area contributed by atoms with E-state index in [-0.39, 0.29) is 17.4 Å². The van der Waals surface area contributed by atoms with Gasteiger partial charge in [-0.1, -0.05) is 42.3 Å². The van der Waals surface area contributed by atoms with E-state index in [1.807, 2.05) is 13.0 Å². The Morgan fingerprint density at radius 2 is 1.98 bits per heavy atom. The first-order valence-electron chi connectivity index (χ1n) is 13.8. The number of ether oxygens (including phenoxy) is 3. The maximum Gasteiger partial charge on any atom is 0.301 e. The summed E-state index contributed by atoms with van der Waals surface area (Å²) in [7, 11) is 1.54. The number of aliphatic hydroxyl groups is 1. The van der Waals surface area contributed by atoms with Crippen LogP contribution in [0.1, 0.15) is 49.4 Å². The van der Waals surface area contributed by atoms with E-state index in [9.17, 15) is 14.7 Å². The lowest BCUT2D eigenvalue weighted by Gasteiger charge is -2.24. The third kappa shape index (κ3) is 4.97. The summed E-state index contributed by atoms with van der Waals surface area (Å²) in [5.41, 5.74) is 2.52. The summed E-state index contributed by atoms with van der Waals surface area (Å²) < 4.78 is 18.1. The molecule has 2 atom stereocenters. The molecule has 0 radical (unpaired) electrons. The molecule has 2 aliphatic rings. The molecule has 42 heavy (non-hydrogen) atoms. The zero-order chi connectivity index (χ0) is 29.5. The van der Waals surface area contributed by atoms with Gasteiger partial charge in [0.1, 0.15) is 17.6 Å². The van der Waals surface area contributed by atoms with E-state index in [4.69, 9.17) is 25.8 Å². The largest absolute Gasteiger partial charge is 0.507 e. The van der Waals surface area contributed by atoms with Crippen molar-refractivity contribution < 1.29 is 28.9 Å². The van der Waals surface area contributed by atoms with Gasteiger partial charge in [-0.3, -0.25) is 14.5 Å². The van der Waals surface area contributed by atoms with Crippen molar-refractivity contribution in [2.75, 3.05) is 18.6 Å². The van der Waals surface area contributed by atoms with Gasteiger partial charge in [-0.2, -0.15) is 0 Å². The number of Topliss-reactive ketones (excluding diaryl/α,β-unsaturated/α-hetero) is 1. The molecule has 0 aliphatic carbocycles. The molecule has 0 unspecified atom stereocenters. The maximum atomic E-state index is 13.7. The molecule has 216 valence electrons. The van der Waals surface area contributed by atoms with Gasteiger partial charge >= 0.3 is 5.91 Å². The zero-order valence-electron chi connectivity index (χ0n) is 23.3. The third-order valence-corrected chi connectivity index (χ3v) is 8.67. The molecule has 1 fully saturated rings. The highest BCUT2D eigenvalue weighted by Gasteiger charge is 2.48. The second kappa shape index (κ2) is 11.3. The highest BCUT2D eigenvalue weighted by molar-refractivity contribution is 7.22. The second-order valence-corrected chi connectivity index (χ2v) is 11.8. The monoisotopic (exact) mass is 604 g/mol. The summed E-state index contributed by atoms with van der Waals surface area (Å²) in [6.45, 7) is 4.58. The molecule has 1 N–H and O–H groups in total. The summed E-state index contributed by atoms with van der Waals surface area (Å²) in [4.78, 5) is 33.4. The van der Waals surface area contributed by atoms with Crippen LogP contribution < -0.4 is 19.1 Å². The summed E-state index contributed by atoms with van der Waals surface area (Å²) in [6.07, 6.45) is 2.56. The molecule has 1 aromatic heterocycles. The van der Waals surface area contributed by atoms with Crippen molar-refractivity contribution in [2.45, 2.75) is 45.3 Å². The number of thiazole rings is 1. The molecule has 6 rings (SSSR count). The second-order valence-electron chi connectivity index (χ2n) is 10.3. The lowest BCUT2D eigenvalue weighted by Crippen LogP contribution is -2.29. The van der Waals surface area contributed by atoms with Crippen LogP contribution in [0.25, 0.3) is 16.0 Å². The van der Waals surface area contributed by atoms with Crippen LogP contribution in [0.3, 0.4) is 0 Å². The highest BCUT2D eigenvalue weighted by atomic mass is 35.5. The Morgan fingerprint density at radius 3 is 2.76 bits per heavy atom. The van der Waals surface area contributed by atoms with E-state index in [1.165, 1.54) is 23.3 Å². The number of nitrogens with zero attached hydrogens (tertiary/aromatic N) is 2. The number of halogens is 1. The smallest absolute Gasteiger partial charge is 0.301 e. The molecule has 0 saturated carbocycles. The first kappa shape index (κ1) is 28.1. The standard InChI is InChI=1S/C32H29ClN2O6S/c1-4-5-12-40-24-11-6-18(15-25(24)39-3)28-27(29(36)19-7-10-23-20(14-19)13-17(2)41-23)30(37)31(38)35(28)32-34-22-9-8-21(33)16-26(22)42-32/h6-11,14-17,28,36H,4-5,12-13H2,1-3H3/t17-,28-/m1/s1. The summed E-state index contributed by atoms with van der Waals surface area (Å²) in [5, 5.41) is 12.5. The number of hydrogen-bond acceptors (Lipinski definition) is 8. The quantitative estimate of drug-likeness (QED) is 0.0992. The number of aromatic nitrogens is 1. The molecular formula is C32H29ClN2O6S. The fraction of sp³-hybridized carbons (Fsp3) is 0.281. The predicted octanol–water partition coefficient (Wildman–Crippen LogP) is 7.09. The van der Waals surface area contributed by atoms with Gasteiger partial charge in [0.15, 0.2) is 16.6 Å². The number of rotatable bonds is 8. The number of aliphatic hydroxyl groups excluding tert-OH is 1. The Kier molecular flexibility index (Phi) is 7.55. The number of carbonyl (C=O) groups excluding carboxylic acids is 2. The van der Waals surface area contributed by atoms with Crippen molar-refractivity contribution in [3.8, 4) is 17.2 Å². The molecule has 4 aromatic rings. The lowest BCUT2D eigenvalue weighted by atomic mass is 9.94. The van der Waals surface area contributed by atoms with Crippen LogP contribution in [0.5, 0.6) is 17.2 Å². The van der Waals surface area contributed by atoms with Gasteiger partial charge in [0, 0.05) is 17.0 Å². The average molecular weight is 605 g/mol. The van der Waals surface area contributed by atoms with Crippen LogP contribution in [0.2, 0.25) is 5.02 Å². The van der Waals surface area contributed by atoms with Crippen LogP contribution in [0, 0.1) is 0 Å². The van der Waals surface area contributed by atoms with E-state index in [0.717, 1.165) is 28.9 Å². The van der Waals surface area contributed by atoms with E-state index in [0.29, 0.717) is 51.3 Å². The average Bonchev–Trinajstić information content (AvgIpc) is 3.64. The number of fused-ring (bicyclic) bond motifs is 2. The topological polar surface area (TPSA) is 98.2 Å². The molecule has 2 aliphatic heterocycles. The van der Waals surface area contributed by atoms with Crippen molar-refractivity contribution in [1.82, 2.24) is 4.98 Å².